The van der Waals surface area contributed by atoms with Gasteiger partial charge in [0.2, 0.25) is 5.91 Å². The minimum atomic E-state index is -0.620. The molecule has 0 radical (unpaired) electrons. The van der Waals surface area contributed by atoms with Gasteiger partial charge in [-0.3, -0.25) is 9.78 Å². The average Bonchev–Trinajstić information content (AvgIpc) is 2.66. The number of amides is 3. The van der Waals surface area contributed by atoms with Crippen molar-refractivity contribution in [2.45, 2.75) is 38.9 Å². The van der Waals surface area contributed by atoms with Crippen molar-refractivity contribution in [3.63, 3.8) is 0 Å². The lowest BCUT2D eigenvalue weighted by Crippen LogP contribution is -2.49. The summed E-state index contributed by atoms with van der Waals surface area (Å²) < 4.78 is 12.9. The molecule has 0 fully saturated rings. The predicted molar refractivity (Wildman–Crippen MR) is 96.6 cm³/mol. The zero-order valence-corrected chi connectivity index (χ0v) is 14.7. The fraction of sp³-hybridized carbons (Fsp3) is 0.316. The number of hydrogen-bond acceptors (Lipinski definition) is 3. The van der Waals surface area contributed by atoms with E-state index in [1.54, 1.807) is 30.6 Å². The number of rotatable bonds is 8. The second kappa shape index (κ2) is 10.1. The summed E-state index contributed by atoms with van der Waals surface area (Å²) in [5, 5.41) is 8.16. The van der Waals surface area contributed by atoms with Gasteiger partial charge in [-0.25, -0.2) is 9.18 Å². The lowest BCUT2D eigenvalue weighted by Gasteiger charge is -2.18. The van der Waals surface area contributed by atoms with Crippen molar-refractivity contribution in [2.75, 3.05) is 0 Å². The number of nitrogens with zero attached hydrogens (tertiary/aromatic N) is 1. The van der Waals surface area contributed by atoms with Gasteiger partial charge >= 0.3 is 6.03 Å². The Morgan fingerprint density at radius 2 is 1.81 bits per heavy atom. The summed E-state index contributed by atoms with van der Waals surface area (Å²) in [7, 11) is 0. The Morgan fingerprint density at radius 3 is 2.46 bits per heavy atom. The highest BCUT2D eigenvalue weighted by Gasteiger charge is 2.19. The molecule has 0 aliphatic rings. The van der Waals surface area contributed by atoms with Crippen LogP contribution in [-0.2, 0) is 17.9 Å². The molecule has 0 unspecified atom stereocenters. The molecule has 1 heterocycles. The van der Waals surface area contributed by atoms with Crippen LogP contribution in [-0.4, -0.2) is 23.0 Å². The van der Waals surface area contributed by atoms with Gasteiger partial charge in [-0.05, 0) is 35.7 Å². The molecule has 3 N–H and O–H groups in total. The van der Waals surface area contributed by atoms with Gasteiger partial charge in [-0.15, -0.1) is 0 Å². The number of carbonyl (C=O) groups excluding carboxylic acids is 2. The van der Waals surface area contributed by atoms with Crippen LogP contribution in [0.3, 0.4) is 0 Å². The lowest BCUT2D eigenvalue weighted by molar-refractivity contribution is -0.123. The van der Waals surface area contributed by atoms with Crippen molar-refractivity contribution in [3.05, 3.63) is 65.7 Å². The molecule has 0 spiro atoms. The first-order chi connectivity index (χ1) is 12.6. The Bertz CT molecular complexity index is 707. The molecule has 0 aliphatic carbocycles. The second-order valence-corrected chi connectivity index (χ2v) is 5.87. The average molecular weight is 358 g/mol. The maximum atomic E-state index is 12.9. The number of halogens is 1. The number of aromatic nitrogens is 1. The smallest absolute Gasteiger partial charge is 0.315 e. The quantitative estimate of drug-likeness (QED) is 0.678. The largest absolute Gasteiger partial charge is 0.350 e. The molecular formula is C19H23FN4O2. The highest BCUT2D eigenvalue weighted by molar-refractivity contribution is 5.86. The summed E-state index contributed by atoms with van der Waals surface area (Å²) in [4.78, 5) is 28.4. The Labute approximate surface area is 152 Å². The Balaban J connectivity index is 1.82. The minimum absolute atomic E-state index is 0.243. The lowest BCUT2D eigenvalue weighted by atomic mass is 10.1. The van der Waals surface area contributed by atoms with E-state index < -0.39 is 12.1 Å². The van der Waals surface area contributed by atoms with Crippen LogP contribution in [0.5, 0.6) is 0 Å². The van der Waals surface area contributed by atoms with Gasteiger partial charge < -0.3 is 16.0 Å². The third-order valence-electron chi connectivity index (χ3n) is 3.76. The van der Waals surface area contributed by atoms with E-state index in [0.717, 1.165) is 17.5 Å². The summed E-state index contributed by atoms with van der Waals surface area (Å²) in [6, 6.07) is 8.46. The van der Waals surface area contributed by atoms with Crippen LogP contribution in [0.4, 0.5) is 9.18 Å². The van der Waals surface area contributed by atoms with E-state index >= 15 is 0 Å². The third-order valence-corrected chi connectivity index (χ3v) is 3.76. The molecule has 0 aliphatic heterocycles. The maximum Gasteiger partial charge on any atom is 0.315 e. The molecule has 1 aromatic carbocycles. The van der Waals surface area contributed by atoms with Gasteiger partial charge in [0.15, 0.2) is 0 Å². The van der Waals surface area contributed by atoms with E-state index in [-0.39, 0.29) is 18.3 Å². The molecule has 0 bridgehead atoms. The van der Waals surface area contributed by atoms with Gasteiger partial charge in [-0.2, -0.15) is 0 Å². The maximum absolute atomic E-state index is 12.9. The molecule has 138 valence electrons. The van der Waals surface area contributed by atoms with Crippen molar-refractivity contribution >= 4 is 11.9 Å². The van der Waals surface area contributed by atoms with Gasteiger partial charge in [0.25, 0.3) is 0 Å². The van der Waals surface area contributed by atoms with Crippen molar-refractivity contribution in [1.29, 1.82) is 0 Å². The summed E-state index contributed by atoms with van der Waals surface area (Å²) in [6.07, 6.45) is 4.63. The van der Waals surface area contributed by atoms with Crippen LogP contribution < -0.4 is 16.0 Å². The van der Waals surface area contributed by atoms with E-state index in [9.17, 15) is 14.0 Å². The minimum Gasteiger partial charge on any atom is -0.350 e. The highest BCUT2D eigenvalue weighted by atomic mass is 19.1. The molecular weight excluding hydrogens is 335 g/mol. The van der Waals surface area contributed by atoms with Crippen LogP contribution in [0.15, 0.2) is 48.8 Å². The monoisotopic (exact) mass is 358 g/mol. The molecule has 0 saturated heterocycles. The Morgan fingerprint density at radius 1 is 1.08 bits per heavy atom. The zero-order chi connectivity index (χ0) is 18.8. The molecule has 1 atom stereocenters. The van der Waals surface area contributed by atoms with E-state index in [4.69, 9.17) is 0 Å². The molecule has 26 heavy (non-hydrogen) atoms. The van der Waals surface area contributed by atoms with Crippen molar-refractivity contribution in [1.82, 2.24) is 20.9 Å². The Hall–Kier alpha value is -2.96. The van der Waals surface area contributed by atoms with Crippen LogP contribution in [0.25, 0.3) is 0 Å². The molecule has 2 rings (SSSR count). The first-order valence-electron chi connectivity index (χ1n) is 8.54. The van der Waals surface area contributed by atoms with Gasteiger partial charge in [0.1, 0.15) is 11.9 Å². The SMILES string of the molecule is CCC[C@H](NC(=O)NCc1ccc(F)cc1)C(=O)NCc1cccnc1. The number of pyridine rings is 1. The first kappa shape index (κ1) is 19.4. The van der Waals surface area contributed by atoms with Crippen molar-refractivity contribution < 1.29 is 14.0 Å². The normalized spacial score (nSPS) is 11.5. The number of nitrogens with one attached hydrogen (secondary N) is 3. The number of urea groups is 1. The number of benzene rings is 1. The third kappa shape index (κ3) is 6.51. The van der Waals surface area contributed by atoms with Crippen LogP contribution in [0.2, 0.25) is 0 Å². The van der Waals surface area contributed by atoms with Crippen LogP contribution in [0, 0.1) is 5.82 Å². The van der Waals surface area contributed by atoms with E-state index in [1.807, 2.05) is 13.0 Å². The van der Waals surface area contributed by atoms with E-state index in [1.165, 1.54) is 12.1 Å². The summed E-state index contributed by atoms with van der Waals surface area (Å²) in [6.45, 7) is 2.55. The van der Waals surface area contributed by atoms with Gasteiger partial charge in [0, 0.05) is 25.5 Å². The van der Waals surface area contributed by atoms with Crippen molar-refractivity contribution in [2.24, 2.45) is 0 Å². The van der Waals surface area contributed by atoms with E-state index in [2.05, 4.69) is 20.9 Å². The number of hydrogen-bond donors (Lipinski definition) is 3. The van der Waals surface area contributed by atoms with Gasteiger partial charge in [-0.1, -0.05) is 31.5 Å². The summed E-state index contributed by atoms with van der Waals surface area (Å²) in [5.74, 6) is -0.570. The molecule has 0 saturated carbocycles. The topological polar surface area (TPSA) is 83.1 Å². The highest BCUT2D eigenvalue weighted by Crippen LogP contribution is 2.03. The summed E-state index contributed by atoms with van der Waals surface area (Å²) >= 11 is 0. The van der Waals surface area contributed by atoms with Crippen LogP contribution >= 0.6 is 0 Å². The molecule has 6 nitrogen and oxygen atoms in total. The zero-order valence-electron chi connectivity index (χ0n) is 14.7. The summed E-state index contributed by atoms with van der Waals surface area (Å²) in [5.41, 5.74) is 1.66. The molecule has 1 aromatic heterocycles. The van der Waals surface area contributed by atoms with Crippen molar-refractivity contribution in [3.8, 4) is 0 Å². The first-order valence-corrected chi connectivity index (χ1v) is 8.54. The van der Waals surface area contributed by atoms with Gasteiger partial charge in [0.05, 0.1) is 0 Å². The fourth-order valence-electron chi connectivity index (χ4n) is 2.37. The second-order valence-electron chi connectivity index (χ2n) is 5.87. The standard InChI is InChI=1S/C19H23FN4O2/c1-2-4-17(18(25)22-13-15-5-3-10-21-11-15)24-19(26)23-12-14-6-8-16(20)9-7-14/h3,5-11,17H,2,4,12-13H2,1H3,(H,22,25)(H2,23,24,26)/t17-/m0/s1. The Kier molecular flexibility index (Phi) is 7.54. The fourth-order valence-corrected chi connectivity index (χ4v) is 2.37. The molecule has 2 aromatic rings. The number of carbonyl (C=O) groups is 2. The van der Waals surface area contributed by atoms with Crippen LogP contribution in [0.1, 0.15) is 30.9 Å². The molecule has 3 amide bonds. The predicted octanol–water partition coefficient (Wildman–Crippen LogP) is 2.51. The van der Waals surface area contributed by atoms with E-state index in [0.29, 0.717) is 13.0 Å². The molecule has 7 heteroatoms.